The Kier molecular flexibility index (Phi) is 8.35. The van der Waals surface area contributed by atoms with Crippen LogP contribution in [0.4, 0.5) is 10.1 Å². The molecule has 4 rings (SSSR count). The smallest absolute Gasteiger partial charge is 0.255 e. The molecular formula is C28H30FN3O4S. The topological polar surface area (TPSA) is 104 Å². The maximum atomic E-state index is 13.1. The lowest BCUT2D eigenvalue weighted by Crippen LogP contribution is -2.41. The minimum Gasteiger partial charge on any atom is -0.349 e. The largest absolute Gasteiger partial charge is 0.349 e. The summed E-state index contributed by atoms with van der Waals surface area (Å²) in [4.78, 5) is 25.1. The van der Waals surface area contributed by atoms with Gasteiger partial charge in [-0.15, -0.1) is 0 Å². The molecule has 1 saturated carbocycles. The minimum atomic E-state index is -3.75. The molecule has 3 N–H and O–H groups in total. The summed E-state index contributed by atoms with van der Waals surface area (Å²) >= 11 is 0. The Labute approximate surface area is 216 Å². The van der Waals surface area contributed by atoms with Crippen molar-refractivity contribution in [2.75, 3.05) is 5.32 Å². The van der Waals surface area contributed by atoms with Gasteiger partial charge in [-0.25, -0.2) is 17.5 Å². The summed E-state index contributed by atoms with van der Waals surface area (Å²) in [5.41, 5.74) is 1.83. The maximum absolute atomic E-state index is 13.1. The van der Waals surface area contributed by atoms with Gasteiger partial charge in [-0.05, 0) is 86.7 Å². The van der Waals surface area contributed by atoms with Crippen molar-refractivity contribution in [3.05, 3.63) is 95.8 Å². The van der Waals surface area contributed by atoms with Gasteiger partial charge < -0.3 is 10.6 Å². The summed E-state index contributed by atoms with van der Waals surface area (Å²) in [7, 11) is -3.75. The molecule has 9 heteroatoms. The zero-order chi connectivity index (χ0) is 26.4. The molecule has 194 valence electrons. The van der Waals surface area contributed by atoms with E-state index in [0.717, 1.165) is 5.56 Å². The molecule has 0 bridgehead atoms. The van der Waals surface area contributed by atoms with Gasteiger partial charge in [0.2, 0.25) is 15.9 Å². The number of hydrogen-bond acceptors (Lipinski definition) is 4. The number of sulfonamides is 1. The number of amides is 2. The first-order chi connectivity index (χ1) is 17.7. The van der Waals surface area contributed by atoms with E-state index in [1.807, 2.05) is 13.0 Å². The molecule has 3 aromatic rings. The molecule has 1 aliphatic rings. The standard InChI is InChI=1S/C28H30FN3O4S/c1-19(20-7-11-23(29)12-8-20)30-27(33)22-9-13-25(14-10-22)32-37(35,36)26-17-15-24(16-18-26)31-28(34)21-5-3-2-4-6-21/h2-8,11-12,15-19,22,25,32H,9-10,13-14H2,1H3,(H,30,33)(H,31,34)/t19-,22-,25-/m1/s1. The van der Waals surface area contributed by atoms with Crippen LogP contribution >= 0.6 is 0 Å². The average Bonchev–Trinajstić information content (AvgIpc) is 2.90. The monoisotopic (exact) mass is 523 g/mol. The van der Waals surface area contributed by atoms with E-state index in [4.69, 9.17) is 0 Å². The van der Waals surface area contributed by atoms with Crippen molar-refractivity contribution >= 4 is 27.5 Å². The highest BCUT2D eigenvalue weighted by Crippen LogP contribution is 2.27. The van der Waals surface area contributed by atoms with Crippen LogP contribution in [0.25, 0.3) is 0 Å². The first-order valence-corrected chi connectivity index (χ1v) is 13.7. The van der Waals surface area contributed by atoms with Crippen molar-refractivity contribution < 1.29 is 22.4 Å². The Morgan fingerprint density at radius 1 is 0.865 bits per heavy atom. The lowest BCUT2D eigenvalue weighted by atomic mass is 9.85. The number of halogens is 1. The molecular weight excluding hydrogens is 493 g/mol. The average molecular weight is 524 g/mol. The second-order valence-electron chi connectivity index (χ2n) is 9.30. The number of nitrogens with one attached hydrogen (secondary N) is 3. The molecule has 0 aliphatic heterocycles. The second kappa shape index (κ2) is 11.7. The Bertz CT molecular complexity index is 1320. The van der Waals surface area contributed by atoms with E-state index < -0.39 is 10.0 Å². The first kappa shape index (κ1) is 26.5. The van der Waals surface area contributed by atoms with Crippen molar-refractivity contribution in [3.63, 3.8) is 0 Å². The van der Waals surface area contributed by atoms with E-state index in [-0.39, 0.29) is 40.5 Å². The van der Waals surface area contributed by atoms with Crippen LogP contribution in [0.1, 0.15) is 54.6 Å². The van der Waals surface area contributed by atoms with Crippen molar-refractivity contribution in [2.45, 2.75) is 49.6 Å². The third kappa shape index (κ3) is 7.02. The summed E-state index contributed by atoms with van der Waals surface area (Å²) in [6.45, 7) is 1.85. The third-order valence-corrected chi connectivity index (χ3v) is 8.14. The van der Waals surface area contributed by atoms with Crippen molar-refractivity contribution in [2.24, 2.45) is 5.92 Å². The van der Waals surface area contributed by atoms with Crippen LogP contribution in [0.15, 0.2) is 83.8 Å². The van der Waals surface area contributed by atoms with Crippen LogP contribution in [-0.4, -0.2) is 26.3 Å². The van der Waals surface area contributed by atoms with Crippen LogP contribution in [0.5, 0.6) is 0 Å². The van der Waals surface area contributed by atoms with Gasteiger partial charge in [0.15, 0.2) is 0 Å². The van der Waals surface area contributed by atoms with Crippen LogP contribution in [-0.2, 0) is 14.8 Å². The van der Waals surface area contributed by atoms with E-state index in [1.165, 1.54) is 24.3 Å². The zero-order valence-corrected chi connectivity index (χ0v) is 21.3. The van der Waals surface area contributed by atoms with Gasteiger partial charge in [0.1, 0.15) is 5.82 Å². The molecule has 0 unspecified atom stereocenters. The SMILES string of the molecule is C[C@@H](NC(=O)[C@H]1CC[C@H](NS(=O)(=O)c2ccc(NC(=O)c3ccccc3)cc2)CC1)c1ccc(F)cc1. The van der Waals surface area contributed by atoms with E-state index in [0.29, 0.717) is 36.9 Å². The number of hydrogen-bond donors (Lipinski definition) is 3. The molecule has 3 aromatic carbocycles. The van der Waals surface area contributed by atoms with Crippen LogP contribution < -0.4 is 15.4 Å². The molecule has 1 fully saturated rings. The van der Waals surface area contributed by atoms with E-state index in [2.05, 4.69) is 15.4 Å². The molecule has 7 nitrogen and oxygen atoms in total. The number of anilines is 1. The van der Waals surface area contributed by atoms with Gasteiger partial charge >= 0.3 is 0 Å². The predicted molar refractivity (Wildman–Crippen MR) is 140 cm³/mol. The number of benzene rings is 3. The molecule has 0 heterocycles. The molecule has 1 aliphatic carbocycles. The second-order valence-corrected chi connectivity index (χ2v) is 11.0. The quantitative estimate of drug-likeness (QED) is 0.395. The van der Waals surface area contributed by atoms with Crippen LogP contribution in [0.3, 0.4) is 0 Å². The summed E-state index contributed by atoms with van der Waals surface area (Å²) in [6, 6.07) is 20.3. The predicted octanol–water partition coefficient (Wildman–Crippen LogP) is 4.79. The van der Waals surface area contributed by atoms with E-state index in [1.54, 1.807) is 48.5 Å². The fourth-order valence-corrected chi connectivity index (χ4v) is 5.74. The Hall–Kier alpha value is -3.56. The van der Waals surface area contributed by atoms with Gasteiger partial charge in [0, 0.05) is 23.2 Å². The summed E-state index contributed by atoms with van der Waals surface area (Å²) in [6.07, 6.45) is 2.24. The van der Waals surface area contributed by atoms with Crippen LogP contribution in [0.2, 0.25) is 0 Å². The summed E-state index contributed by atoms with van der Waals surface area (Å²) in [5, 5.41) is 5.72. The molecule has 0 spiro atoms. The van der Waals surface area contributed by atoms with Gasteiger partial charge in [-0.1, -0.05) is 30.3 Å². The fourth-order valence-electron chi connectivity index (χ4n) is 4.44. The number of rotatable bonds is 8. The van der Waals surface area contributed by atoms with E-state index in [9.17, 15) is 22.4 Å². The molecule has 0 aromatic heterocycles. The molecule has 2 amide bonds. The van der Waals surface area contributed by atoms with E-state index >= 15 is 0 Å². The Morgan fingerprint density at radius 3 is 2.11 bits per heavy atom. The fraction of sp³-hybridized carbons (Fsp3) is 0.286. The van der Waals surface area contributed by atoms with Gasteiger partial charge in [0.25, 0.3) is 5.91 Å². The molecule has 1 atom stereocenters. The maximum Gasteiger partial charge on any atom is 0.255 e. The third-order valence-electron chi connectivity index (χ3n) is 6.61. The highest BCUT2D eigenvalue weighted by molar-refractivity contribution is 7.89. The van der Waals surface area contributed by atoms with Crippen molar-refractivity contribution in [3.8, 4) is 0 Å². The number of carbonyl (C=O) groups excluding carboxylic acids is 2. The van der Waals surface area contributed by atoms with Gasteiger partial charge in [0.05, 0.1) is 10.9 Å². The summed E-state index contributed by atoms with van der Waals surface area (Å²) < 4.78 is 41.7. The first-order valence-electron chi connectivity index (χ1n) is 12.3. The zero-order valence-electron chi connectivity index (χ0n) is 20.5. The lowest BCUT2D eigenvalue weighted by Gasteiger charge is -2.29. The Balaban J connectivity index is 1.27. The van der Waals surface area contributed by atoms with Gasteiger partial charge in [-0.3, -0.25) is 9.59 Å². The number of carbonyl (C=O) groups is 2. The summed E-state index contributed by atoms with van der Waals surface area (Å²) in [5.74, 6) is -0.876. The highest BCUT2D eigenvalue weighted by Gasteiger charge is 2.29. The Morgan fingerprint density at radius 2 is 1.49 bits per heavy atom. The highest BCUT2D eigenvalue weighted by atomic mass is 32.2. The van der Waals surface area contributed by atoms with Crippen LogP contribution in [0, 0.1) is 11.7 Å². The molecule has 37 heavy (non-hydrogen) atoms. The van der Waals surface area contributed by atoms with Crippen molar-refractivity contribution in [1.29, 1.82) is 0 Å². The van der Waals surface area contributed by atoms with Gasteiger partial charge in [-0.2, -0.15) is 0 Å². The minimum absolute atomic E-state index is 0.0775. The normalized spacial score (nSPS) is 18.5. The molecule has 0 saturated heterocycles. The van der Waals surface area contributed by atoms with Crippen molar-refractivity contribution in [1.82, 2.24) is 10.0 Å². The molecule has 0 radical (unpaired) electrons. The lowest BCUT2D eigenvalue weighted by molar-refractivity contribution is -0.126.